The van der Waals surface area contributed by atoms with E-state index in [-0.39, 0.29) is 7.43 Å². The van der Waals surface area contributed by atoms with Crippen LogP contribution in [-0.2, 0) is 13.0 Å². The van der Waals surface area contributed by atoms with Crippen molar-refractivity contribution in [2.45, 2.75) is 39.5 Å². The maximum Gasteiger partial charge on any atom is 0.0970 e. The Labute approximate surface area is 160 Å². The lowest BCUT2D eigenvalue weighted by molar-refractivity contribution is 0.152. The average molecular weight is 372 g/mol. The highest BCUT2D eigenvalue weighted by Crippen LogP contribution is 2.38. The second-order valence-electron chi connectivity index (χ2n) is 6.84. The van der Waals surface area contributed by atoms with Crippen LogP contribution in [0.2, 0.25) is 5.02 Å². The summed E-state index contributed by atoms with van der Waals surface area (Å²) in [5.74, 6) is 0. The van der Waals surface area contributed by atoms with Crippen LogP contribution in [0.5, 0.6) is 0 Å². The van der Waals surface area contributed by atoms with Crippen molar-refractivity contribution in [2.75, 3.05) is 13.6 Å². The smallest absolute Gasteiger partial charge is 0.0970 e. The van der Waals surface area contributed by atoms with Gasteiger partial charge in [-0.25, -0.2) is 0 Å². The molecule has 2 unspecified atom stereocenters. The number of rotatable bonds is 3. The molecular weight excluding hydrogens is 346 g/mol. The van der Waals surface area contributed by atoms with Crippen LogP contribution in [0.3, 0.4) is 0 Å². The number of hydrogen-bond acceptors (Lipinski definition) is 3. The highest BCUT2D eigenvalue weighted by atomic mass is 35.5. The summed E-state index contributed by atoms with van der Waals surface area (Å²) < 4.78 is 2.27. The van der Waals surface area contributed by atoms with E-state index in [1.165, 1.54) is 16.6 Å². The summed E-state index contributed by atoms with van der Waals surface area (Å²) in [7, 11) is 2.15. The molecule has 1 aliphatic heterocycles. The van der Waals surface area contributed by atoms with Crippen LogP contribution in [0.25, 0.3) is 10.9 Å². The minimum absolute atomic E-state index is 0. The molecule has 0 spiro atoms. The highest BCUT2D eigenvalue weighted by molar-refractivity contribution is 6.31. The fourth-order valence-electron chi connectivity index (χ4n) is 3.91. The normalized spacial score (nSPS) is 18.4. The Kier molecular flexibility index (Phi) is 5.37. The molecule has 26 heavy (non-hydrogen) atoms. The zero-order valence-corrected chi connectivity index (χ0v) is 15.2. The quantitative estimate of drug-likeness (QED) is 0.731. The van der Waals surface area contributed by atoms with Crippen molar-refractivity contribution < 1.29 is 5.11 Å². The van der Waals surface area contributed by atoms with Gasteiger partial charge < -0.3 is 9.67 Å². The van der Waals surface area contributed by atoms with E-state index in [4.69, 9.17) is 11.6 Å². The zero-order valence-electron chi connectivity index (χ0n) is 14.5. The summed E-state index contributed by atoms with van der Waals surface area (Å²) in [6, 6.07) is 10.1. The topological polar surface area (TPSA) is 41.3 Å². The van der Waals surface area contributed by atoms with E-state index >= 15 is 0 Å². The van der Waals surface area contributed by atoms with E-state index in [2.05, 4.69) is 40.6 Å². The molecule has 2 atom stereocenters. The molecule has 0 aliphatic carbocycles. The Balaban J connectivity index is 0.00000196. The Morgan fingerprint density at radius 3 is 2.73 bits per heavy atom. The first-order valence-electron chi connectivity index (χ1n) is 8.65. The van der Waals surface area contributed by atoms with Crippen molar-refractivity contribution in [3.05, 3.63) is 64.6 Å². The third kappa shape index (κ3) is 3.13. The summed E-state index contributed by atoms with van der Waals surface area (Å²) in [6.07, 6.45) is 3.87. The second kappa shape index (κ2) is 7.39. The predicted octanol–water partition coefficient (Wildman–Crippen LogP) is 4.61. The molecule has 4 nitrogen and oxygen atoms in total. The summed E-state index contributed by atoms with van der Waals surface area (Å²) >= 11 is 6.26. The molecule has 0 fully saturated rings. The molecule has 1 aromatic carbocycles. The number of pyridine rings is 1. The highest BCUT2D eigenvalue weighted by Gasteiger charge is 2.29. The SMILES string of the molecule is C.CC1c2c(c3cc(Cl)ccc3n2CC(O)c2ccncc2)CCN1C. The second-order valence-corrected chi connectivity index (χ2v) is 7.28. The van der Waals surface area contributed by atoms with Gasteiger partial charge >= 0.3 is 0 Å². The summed E-state index contributed by atoms with van der Waals surface area (Å²) in [5, 5.41) is 12.7. The summed E-state index contributed by atoms with van der Waals surface area (Å²) in [4.78, 5) is 6.40. The molecule has 1 N–H and O–H groups in total. The van der Waals surface area contributed by atoms with E-state index in [0.29, 0.717) is 12.6 Å². The van der Waals surface area contributed by atoms with Crippen LogP contribution in [0.4, 0.5) is 0 Å². The van der Waals surface area contributed by atoms with E-state index in [9.17, 15) is 5.11 Å². The molecule has 0 radical (unpaired) electrons. The van der Waals surface area contributed by atoms with Gasteiger partial charge in [0.05, 0.1) is 12.6 Å². The molecule has 3 aromatic rings. The van der Waals surface area contributed by atoms with Gasteiger partial charge in [-0.15, -0.1) is 0 Å². The fourth-order valence-corrected chi connectivity index (χ4v) is 4.08. The Morgan fingerprint density at radius 2 is 2.00 bits per heavy atom. The average Bonchev–Trinajstić information content (AvgIpc) is 2.92. The predicted molar refractivity (Wildman–Crippen MR) is 108 cm³/mol. The third-order valence-corrected chi connectivity index (χ3v) is 5.63. The lowest BCUT2D eigenvalue weighted by Gasteiger charge is -2.32. The van der Waals surface area contributed by atoms with Crippen LogP contribution in [0.1, 0.15) is 43.3 Å². The van der Waals surface area contributed by atoms with Crippen LogP contribution < -0.4 is 0 Å². The van der Waals surface area contributed by atoms with Gasteiger partial charge in [-0.2, -0.15) is 0 Å². The van der Waals surface area contributed by atoms with Gasteiger partial charge in [0.15, 0.2) is 0 Å². The molecular formula is C21H26ClN3O. The number of benzene rings is 1. The van der Waals surface area contributed by atoms with Gasteiger partial charge in [-0.1, -0.05) is 19.0 Å². The number of aliphatic hydroxyl groups excluding tert-OH is 1. The maximum absolute atomic E-state index is 10.8. The molecule has 0 saturated carbocycles. The minimum Gasteiger partial charge on any atom is -0.387 e. The van der Waals surface area contributed by atoms with Gasteiger partial charge in [-0.05, 0) is 61.9 Å². The van der Waals surface area contributed by atoms with Gasteiger partial charge in [-0.3, -0.25) is 9.88 Å². The lowest BCUT2D eigenvalue weighted by Crippen LogP contribution is -2.32. The molecule has 0 amide bonds. The number of likely N-dealkylation sites (N-methyl/N-ethyl adjacent to an activating group) is 1. The number of hydrogen-bond donors (Lipinski definition) is 1. The number of aliphatic hydroxyl groups is 1. The first kappa shape index (κ1) is 18.9. The van der Waals surface area contributed by atoms with Gasteiger partial charge in [0.1, 0.15) is 0 Å². The number of aromatic nitrogens is 2. The summed E-state index contributed by atoms with van der Waals surface area (Å²) in [5.41, 5.74) is 4.69. The van der Waals surface area contributed by atoms with Crippen LogP contribution in [0.15, 0.2) is 42.7 Å². The largest absolute Gasteiger partial charge is 0.387 e. The first-order chi connectivity index (χ1) is 12.1. The maximum atomic E-state index is 10.8. The van der Waals surface area contributed by atoms with E-state index in [1.54, 1.807) is 12.4 Å². The van der Waals surface area contributed by atoms with Crippen LogP contribution in [0, 0.1) is 0 Å². The lowest BCUT2D eigenvalue weighted by atomic mass is 9.98. The van der Waals surface area contributed by atoms with Gasteiger partial charge in [0.25, 0.3) is 0 Å². The van der Waals surface area contributed by atoms with E-state index in [1.807, 2.05) is 18.2 Å². The van der Waals surface area contributed by atoms with Crippen LogP contribution in [-0.4, -0.2) is 33.1 Å². The van der Waals surface area contributed by atoms with Crippen molar-refractivity contribution in [1.29, 1.82) is 0 Å². The minimum atomic E-state index is -0.571. The molecule has 2 aromatic heterocycles. The molecule has 3 heterocycles. The van der Waals surface area contributed by atoms with E-state index in [0.717, 1.165) is 29.1 Å². The summed E-state index contributed by atoms with van der Waals surface area (Å²) in [6.45, 7) is 3.79. The Hall–Kier alpha value is -1.88. The number of fused-ring (bicyclic) bond motifs is 3. The number of halogens is 1. The van der Waals surface area contributed by atoms with Gasteiger partial charge in [0, 0.05) is 46.6 Å². The van der Waals surface area contributed by atoms with Crippen molar-refractivity contribution in [2.24, 2.45) is 0 Å². The van der Waals surface area contributed by atoms with Crippen molar-refractivity contribution in [3.8, 4) is 0 Å². The molecule has 5 heteroatoms. The molecule has 138 valence electrons. The van der Waals surface area contributed by atoms with E-state index < -0.39 is 6.10 Å². The van der Waals surface area contributed by atoms with Crippen molar-refractivity contribution in [3.63, 3.8) is 0 Å². The first-order valence-corrected chi connectivity index (χ1v) is 9.03. The monoisotopic (exact) mass is 371 g/mol. The van der Waals surface area contributed by atoms with Crippen molar-refractivity contribution in [1.82, 2.24) is 14.5 Å². The van der Waals surface area contributed by atoms with Crippen molar-refractivity contribution >= 4 is 22.5 Å². The number of nitrogens with zero attached hydrogens (tertiary/aromatic N) is 3. The van der Waals surface area contributed by atoms with Crippen LogP contribution >= 0.6 is 11.6 Å². The zero-order chi connectivity index (χ0) is 17.6. The molecule has 0 saturated heterocycles. The molecule has 0 bridgehead atoms. The standard InChI is InChI=1S/C20H22ClN3O.CH4/c1-13-20-16(7-10-23(13)2)17-11-15(21)3-4-18(17)24(20)12-19(25)14-5-8-22-9-6-14;/h3-6,8-9,11,13,19,25H,7,10,12H2,1-2H3;1H4. The fraction of sp³-hybridized carbons (Fsp3) is 0.381. The van der Waals surface area contributed by atoms with Gasteiger partial charge in [0.2, 0.25) is 0 Å². The third-order valence-electron chi connectivity index (χ3n) is 5.39. The molecule has 4 rings (SSSR count). The Bertz CT molecular complexity index is 907. The molecule has 1 aliphatic rings. The Morgan fingerprint density at radius 1 is 1.27 bits per heavy atom.